The first-order valence-electron chi connectivity index (χ1n) is 7.33. The van der Waals surface area contributed by atoms with E-state index in [-0.39, 0.29) is 0 Å². The van der Waals surface area contributed by atoms with Crippen molar-refractivity contribution < 1.29 is 9.47 Å². The summed E-state index contributed by atoms with van der Waals surface area (Å²) in [6.07, 6.45) is 5.50. The summed E-state index contributed by atoms with van der Waals surface area (Å²) >= 11 is 0. The number of hydrogen-bond donors (Lipinski definition) is 1. The number of ether oxygens (including phenoxy) is 2. The number of hydrogen-bond acceptors (Lipinski definition) is 3. The van der Waals surface area contributed by atoms with Gasteiger partial charge < -0.3 is 19.4 Å². The molecule has 4 nitrogen and oxygen atoms in total. The van der Waals surface area contributed by atoms with Crippen LogP contribution in [0.5, 0.6) is 11.5 Å². The second-order valence-corrected chi connectivity index (χ2v) is 5.05. The van der Waals surface area contributed by atoms with Gasteiger partial charge in [0.2, 0.25) is 0 Å². The lowest BCUT2D eigenvalue weighted by molar-refractivity contribution is 0.354. The lowest BCUT2D eigenvalue weighted by Crippen LogP contribution is -2.12. The average molecular weight is 288 g/mol. The van der Waals surface area contributed by atoms with Crippen molar-refractivity contribution in [3.8, 4) is 11.5 Å². The molecule has 4 heteroatoms. The highest BCUT2D eigenvalue weighted by Crippen LogP contribution is 2.27. The van der Waals surface area contributed by atoms with Crippen molar-refractivity contribution in [1.82, 2.24) is 9.88 Å². The van der Waals surface area contributed by atoms with Gasteiger partial charge in [0.25, 0.3) is 0 Å². The maximum atomic E-state index is 5.32. The van der Waals surface area contributed by atoms with E-state index in [1.807, 2.05) is 12.1 Å². The van der Waals surface area contributed by atoms with Gasteiger partial charge >= 0.3 is 0 Å². The summed E-state index contributed by atoms with van der Waals surface area (Å²) in [6.45, 7) is 4.94. The predicted molar refractivity (Wildman–Crippen MR) is 84.8 cm³/mol. The Hall–Kier alpha value is -1.94. The first-order valence-corrected chi connectivity index (χ1v) is 7.33. The first kappa shape index (κ1) is 15.4. The van der Waals surface area contributed by atoms with Crippen molar-refractivity contribution in [2.75, 3.05) is 14.2 Å². The van der Waals surface area contributed by atoms with E-state index in [0.29, 0.717) is 0 Å². The molecule has 1 aromatic heterocycles. The molecule has 1 aromatic carbocycles. The smallest absolute Gasteiger partial charge is 0.161 e. The van der Waals surface area contributed by atoms with E-state index >= 15 is 0 Å². The van der Waals surface area contributed by atoms with Crippen LogP contribution in [0.15, 0.2) is 36.7 Å². The highest BCUT2D eigenvalue weighted by atomic mass is 16.5. The van der Waals surface area contributed by atoms with Crippen molar-refractivity contribution in [2.24, 2.45) is 0 Å². The summed E-state index contributed by atoms with van der Waals surface area (Å²) in [5.74, 6) is 1.53. The number of aromatic nitrogens is 1. The Labute approximate surface area is 126 Å². The third kappa shape index (κ3) is 4.26. The van der Waals surface area contributed by atoms with Gasteiger partial charge in [-0.05, 0) is 35.7 Å². The van der Waals surface area contributed by atoms with E-state index in [9.17, 15) is 0 Å². The molecular formula is C17H24N2O2. The molecule has 0 fully saturated rings. The minimum atomic E-state index is 0.762. The molecule has 2 aromatic rings. The van der Waals surface area contributed by atoms with Gasteiger partial charge in [-0.25, -0.2) is 0 Å². The normalized spacial score (nSPS) is 10.6. The molecule has 1 N–H and O–H groups in total. The zero-order valence-electron chi connectivity index (χ0n) is 13.1. The van der Waals surface area contributed by atoms with E-state index in [2.05, 4.69) is 41.3 Å². The van der Waals surface area contributed by atoms with E-state index in [4.69, 9.17) is 9.47 Å². The molecule has 114 valence electrons. The maximum absolute atomic E-state index is 5.32. The molecular weight excluding hydrogens is 264 g/mol. The molecule has 21 heavy (non-hydrogen) atoms. The molecule has 0 saturated carbocycles. The van der Waals surface area contributed by atoms with Crippen molar-refractivity contribution in [1.29, 1.82) is 0 Å². The van der Waals surface area contributed by atoms with Crippen molar-refractivity contribution >= 4 is 0 Å². The quantitative estimate of drug-likeness (QED) is 0.810. The standard InChI is InChI=1S/C17H24N2O2/c1-4-8-19-9-7-15(13-19)12-18-11-14-5-6-16(20-2)17(10-14)21-3/h5-7,9-10,13,18H,4,8,11-12H2,1-3H3. The molecule has 0 unspecified atom stereocenters. The molecule has 0 amide bonds. The summed E-state index contributed by atoms with van der Waals surface area (Å²) in [5.41, 5.74) is 2.49. The lowest BCUT2D eigenvalue weighted by Gasteiger charge is -2.10. The van der Waals surface area contributed by atoms with Crippen LogP contribution in [0.2, 0.25) is 0 Å². The summed E-state index contributed by atoms with van der Waals surface area (Å²) in [5, 5.41) is 3.45. The van der Waals surface area contributed by atoms with Crippen LogP contribution in [0.1, 0.15) is 24.5 Å². The van der Waals surface area contributed by atoms with Gasteiger partial charge in [-0.2, -0.15) is 0 Å². The van der Waals surface area contributed by atoms with Crippen LogP contribution >= 0.6 is 0 Å². The highest BCUT2D eigenvalue weighted by Gasteiger charge is 2.04. The van der Waals surface area contributed by atoms with Crippen LogP contribution < -0.4 is 14.8 Å². The Morgan fingerprint density at radius 2 is 1.76 bits per heavy atom. The van der Waals surface area contributed by atoms with E-state index in [1.165, 1.54) is 11.1 Å². The van der Waals surface area contributed by atoms with Crippen LogP contribution in [0, 0.1) is 0 Å². The molecule has 2 rings (SSSR count). The Bertz CT molecular complexity index is 564. The number of aryl methyl sites for hydroxylation is 1. The van der Waals surface area contributed by atoms with E-state index in [0.717, 1.165) is 37.6 Å². The summed E-state index contributed by atoms with van der Waals surface area (Å²) < 4.78 is 12.8. The minimum Gasteiger partial charge on any atom is -0.493 e. The van der Waals surface area contributed by atoms with Gasteiger partial charge in [0.15, 0.2) is 11.5 Å². The Kier molecular flexibility index (Phi) is 5.69. The topological polar surface area (TPSA) is 35.4 Å². The van der Waals surface area contributed by atoms with Crippen molar-refractivity contribution in [2.45, 2.75) is 33.0 Å². The molecule has 0 atom stereocenters. The SMILES string of the molecule is CCCn1ccc(CNCc2ccc(OC)c(OC)c2)c1. The molecule has 0 aliphatic carbocycles. The number of methoxy groups -OCH3 is 2. The van der Waals surface area contributed by atoms with Gasteiger partial charge in [0.1, 0.15) is 0 Å². The van der Waals surface area contributed by atoms with Gasteiger partial charge in [0.05, 0.1) is 14.2 Å². The second-order valence-electron chi connectivity index (χ2n) is 5.05. The van der Waals surface area contributed by atoms with Gasteiger partial charge in [-0.15, -0.1) is 0 Å². The second kappa shape index (κ2) is 7.74. The molecule has 0 aliphatic heterocycles. The minimum absolute atomic E-state index is 0.762. The van der Waals surface area contributed by atoms with Crippen LogP contribution in [0.3, 0.4) is 0 Å². The van der Waals surface area contributed by atoms with Crippen LogP contribution in [-0.4, -0.2) is 18.8 Å². The van der Waals surface area contributed by atoms with Gasteiger partial charge in [-0.3, -0.25) is 0 Å². The third-order valence-electron chi connectivity index (χ3n) is 3.40. The highest BCUT2D eigenvalue weighted by molar-refractivity contribution is 5.42. The van der Waals surface area contributed by atoms with E-state index < -0.39 is 0 Å². The lowest BCUT2D eigenvalue weighted by atomic mass is 10.2. The number of nitrogens with zero attached hydrogens (tertiary/aromatic N) is 1. The molecule has 0 radical (unpaired) electrons. The number of rotatable bonds is 8. The van der Waals surface area contributed by atoms with Crippen LogP contribution in [-0.2, 0) is 19.6 Å². The molecule has 0 aliphatic rings. The summed E-state index contributed by atoms with van der Waals surface area (Å²) in [6, 6.07) is 8.16. The fourth-order valence-electron chi connectivity index (χ4n) is 2.33. The third-order valence-corrected chi connectivity index (χ3v) is 3.40. The molecule has 0 bridgehead atoms. The van der Waals surface area contributed by atoms with E-state index in [1.54, 1.807) is 14.2 Å². The van der Waals surface area contributed by atoms with Crippen molar-refractivity contribution in [3.05, 3.63) is 47.8 Å². The fourth-order valence-corrected chi connectivity index (χ4v) is 2.33. The Morgan fingerprint density at radius 3 is 2.48 bits per heavy atom. The number of benzene rings is 1. The fraction of sp³-hybridized carbons (Fsp3) is 0.412. The molecule has 0 saturated heterocycles. The average Bonchev–Trinajstić information content (AvgIpc) is 2.95. The summed E-state index contributed by atoms with van der Waals surface area (Å²) in [4.78, 5) is 0. The predicted octanol–water partition coefficient (Wildman–Crippen LogP) is 3.21. The van der Waals surface area contributed by atoms with Gasteiger partial charge in [-0.1, -0.05) is 13.0 Å². The zero-order chi connectivity index (χ0) is 15.1. The van der Waals surface area contributed by atoms with Crippen molar-refractivity contribution in [3.63, 3.8) is 0 Å². The Balaban J connectivity index is 1.87. The monoisotopic (exact) mass is 288 g/mol. The Morgan fingerprint density at radius 1 is 1.00 bits per heavy atom. The van der Waals surface area contributed by atoms with Gasteiger partial charge in [0, 0.05) is 32.0 Å². The molecule has 1 heterocycles. The largest absolute Gasteiger partial charge is 0.493 e. The van der Waals surface area contributed by atoms with Crippen LogP contribution in [0.4, 0.5) is 0 Å². The zero-order valence-corrected chi connectivity index (χ0v) is 13.1. The molecule has 0 spiro atoms. The summed E-state index contributed by atoms with van der Waals surface area (Å²) in [7, 11) is 3.31. The number of nitrogens with one attached hydrogen (secondary N) is 1. The first-order chi connectivity index (χ1) is 10.3. The van der Waals surface area contributed by atoms with Crippen LogP contribution in [0.25, 0.3) is 0 Å². The maximum Gasteiger partial charge on any atom is 0.161 e.